The number of hydrogen-bond acceptors (Lipinski definition) is 2. The largest absolute Gasteiger partial charge is 0.388 e. The highest BCUT2D eigenvalue weighted by Crippen LogP contribution is 2.21. The lowest BCUT2D eigenvalue weighted by molar-refractivity contribution is 0.178. The second-order valence-electron chi connectivity index (χ2n) is 3.64. The Kier molecular flexibility index (Phi) is 3.70. The molecule has 0 spiro atoms. The maximum absolute atomic E-state index is 10.0. The highest BCUT2D eigenvalue weighted by atomic mass is 79.9. The summed E-state index contributed by atoms with van der Waals surface area (Å²) in [5, 5.41) is 10.0. The Morgan fingerprint density at radius 3 is 2.81 bits per heavy atom. The zero-order valence-corrected chi connectivity index (χ0v) is 10.3. The first-order valence-corrected chi connectivity index (χ1v) is 5.87. The quantitative estimate of drug-likeness (QED) is 0.935. The summed E-state index contributed by atoms with van der Waals surface area (Å²) in [5.41, 5.74) is 1.95. The molecule has 1 aromatic carbocycles. The lowest BCUT2D eigenvalue weighted by Crippen LogP contribution is -2.01. The van der Waals surface area contributed by atoms with E-state index in [0.29, 0.717) is 6.42 Å². The first kappa shape index (κ1) is 11.3. The summed E-state index contributed by atoms with van der Waals surface area (Å²) >= 11 is 3.39. The van der Waals surface area contributed by atoms with Crippen LogP contribution >= 0.6 is 15.9 Å². The predicted octanol–water partition coefficient (Wildman–Crippen LogP) is 3.12. The van der Waals surface area contributed by atoms with E-state index in [4.69, 9.17) is 0 Å². The van der Waals surface area contributed by atoms with E-state index in [0.717, 1.165) is 15.6 Å². The second kappa shape index (κ2) is 5.23. The monoisotopic (exact) mass is 277 g/mol. The molecule has 0 aliphatic carbocycles. The molecule has 1 unspecified atom stereocenters. The van der Waals surface area contributed by atoms with E-state index < -0.39 is 6.10 Å². The van der Waals surface area contributed by atoms with Gasteiger partial charge in [-0.05, 0) is 29.3 Å². The van der Waals surface area contributed by atoms with Gasteiger partial charge in [0.05, 0.1) is 6.10 Å². The Balaban J connectivity index is 2.12. The van der Waals surface area contributed by atoms with Gasteiger partial charge in [0.1, 0.15) is 0 Å². The minimum atomic E-state index is -0.485. The molecule has 82 valence electrons. The molecular formula is C13H12BrNO. The van der Waals surface area contributed by atoms with Gasteiger partial charge in [0.15, 0.2) is 0 Å². The summed E-state index contributed by atoms with van der Waals surface area (Å²) in [6.45, 7) is 0. The molecule has 2 aromatic rings. The summed E-state index contributed by atoms with van der Waals surface area (Å²) < 4.78 is 0.982. The summed E-state index contributed by atoms with van der Waals surface area (Å²) in [4.78, 5) is 4.03. The zero-order valence-electron chi connectivity index (χ0n) is 8.68. The summed E-state index contributed by atoms with van der Waals surface area (Å²) in [6, 6.07) is 11.6. The van der Waals surface area contributed by atoms with Crippen LogP contribution in [-0.2, 0) is 6.42 Å². The second-order valence-corrected chi connectivity index (χ2v) is 4.55. The van der Waals surface area contributed by atoms with Crippen molar-refractivity contribution < 1.29 is 5.11 Å². The Hall–Kier alpha value is -1.19. The molecule has 0 aliphatic heterocycles. The number of rotatable bonds is 3. The Morgan fingerprint density at radius 2 is 2.12 bits per heavy atom. The molecule has 3 heteroatoms. The Labute approximate surface area is 103 Å². The Bertz CT molecular complexity index is 458. The lowest BCUT2D eigenvalue weighted by Gasteiger charge is -2.10. The maximum atomic E-state index is 10.0. The molecular weight excluding hydrogens is 266 g/mol. The van der Waals surface area contributed by atoms with E-state index in [1.165, 1.54) is 0 Å². The van der Waals surface area contributed by atoms with Gasteiger partial charge in [-0.2, -0.15) is 0 Å². The van der Waals surface area contributed by atoms with Crippen molar-refractivity contribution in [3.63, 3.8) is 0 Å². The standard InChI is InChI=1S/C13H12BrNO/c14-12-5-1-4-11(8-12)13(16)7-10-3-2-6-15-9-10/h1-6,8-9,13,16H,7H2. The molecule has 1 atom stereocenters. The van der Waals surface area contributed by atoms with Crippen LogP contribution in [0.25, 0.3) is 0 Å². The average Bonchev–Trinajstić information content (AvgIpc) is 2.30. The smallest absolute Gasteiger partial charge is 0.0831 e. The minimum absolute atomic E-state index is 0.485. The SMILES string of the molecule is OC(Cc1cccnc1)c1cccc(Br)c1. The molecule has 1 heterocycles. The lowest BCUT2D eigenvalue weighted by atomic mass is 10.0. The molecule has 0 saturated heterocycles. The summed E-state index contributed by atoms with van der Waals surface area (Å²) in [5.74, 6) is 0. The first-order valence-electron chi connectivity index (χ1n) is 5.08. The fraction of sp³-hybridized carbons (Fsp3) is 0.154. The molecule has 1 aromatic heterocycles. The molecule has 0 saturated carbocycles. The van der Waals surface area contributed by atoms with Crippen molar-refractivity contribution in [3.05, 3.63) is 64.4 Å². The fourth-order valence-corrected chi connectivity index (χ4v) is 1.99. The van der Waals surface area contributed by atoms with E-state index in [9.17, 15) is 5.11 Å². The average molecular weight is 278 g/mol. The summed E-state index contributed by atoms with van der Waals surface area (Å²) in [6.07, 6.45) is 3.61. The van der Waals surface area contributed by atoms with Crippen LogP contribution in [-0.4, -0.2) is 10.1 Å². The van der Waals surface area contributed by atoms with Gasteiger partial charge in [0.2, 0.25) is 0 Å². The van der Waals surface area contributed by atoms with Crippen molar-refractivity contribution in [1.29, 1.82) is 0 Å². The molecule has 0 amide bonds. The van der Waals surface area contributed by atoms with Crippen molar-refractivity contribution in [2.24, 2.45) is 0 Å². The normalized spacial score (nSPS) is 12.4. The van der Waals surface area contributed by atoms with E-state index in [1.54, 1.807) is 12.4 Å². The van der Waals surface area contributed by atoms with E-state index in [1.807, 2.05) is 36.4 Å². The van der Waals surface area contributed by atoms with Crippen molar-refractivity contribution >= 4 is 15.9 Å². The van der Waals surface area contributed by atoms with E-state index in [2.05, 4.69) is 20.9 Å². The number of halogens is 1. The number of hydrogen-bond donors (Lipinski definition) is 1. The molecule has 16 heavy (non-hydrogen) atoms. The van der Waals surface area contributed by atoms with Crippen molar-refractivity contribution in [3.8, 4) is 0 Å². The van der Waals surface area contributed by atoms with Gasteiger partial charge in [-0.3, -0.25) is 4.98 Å². The van der Waals surface area contributed by atoms with Gasteiger partial charge < -0.3 is 5.11 Å². The van der Waals surface area contributed by atoms with Crippen molar-refractivity contribution in [1.82, 2.24) is 4.98 Å². The van der Waals surface area contributed by atoms with Gasteiger partial charge in [-0.1, -0.05) is 34.1 Å². The number of pyridine rings is 1. The number of aromatic nitrogens is 1. The Morgan fingerprint density at radius 1 is 1.25 bits per heavy atom. The van der Waals surface area contributed by atoms with Gasteiger partial charge in [-0.25, -0.2) is 0 Å². The molecule has 1 N–H and O–H groups in total. The zero-order chi connectivity index (χ0) is 11.4. The van der Waals surface area contributed by atoms with Gasteiger partial charge >= 0.3 is 0 Å². The van der Waals surface area contributed by atoms with Crippen molar-refractivity contribution in [2.75, 3.05) is 0 Å². The highest BCUT2D eigenvalue weighted by Gasteiger charge is 2.08. The number of aliphatic hydroxyl groups excluding tert-OH is 1. The van der Waals surface area contributed by atoms with Crippen LogP contribution in [0.5, 0.6) is 0 Å². The molecule has 2 rings (SSSR count). The van der Waals surface area contributed by atoms with Crippen molar-refractivity contribution in [2.45, 2.75) is 12.5 Å². The number of benzene rings is 1. The van der Waals surface area contributed by atoms with E-state index >= 15 is 0 Å². The highest BCUT2D eigenvalue weighted by molar-refractivity contribution is 9.10. The van der Waals surface area contributed by atoms with Gasteiger partial charge in [-0.15, -0.1) is 0 Å². The molecule has 0 radical (unpaired) electrons. The number of aliphatic hydroxyl groups is 1. The minimum Gasteiger partial charge on any atom is -0.388 e. The van der Waals surface area contributed by atoms with Crippen LogP contribution in [0.2, 0.25) is 0 Å². The summed E-state index contributed by atoms with van der Waals surface area (Å²) in [7, 11) is 0. The van der Waals surface area contributed by atoms with Gasteiger partial charge in [0, 0.05) is 23.3 Å². The maximum Gasteiger partial charge on any atom is 0.0831 e. The van der Waals surface area contributed by atoms with Crippen LogP contribution in [0, 0.1) is 0 Å². The third-order valence-corrected chi connectivity index (χ3v) is 2.88. The fourth-order valence-electron chi connectivity index (χ4n) is 1.57. The third kappa shape index (κ3) is 2.90. The van der Waals surface area contributed by atoms with Crippen LogP contribution < -0.4 is 0 Å². The predicted molar refractivity (Wildman–Crippen MR) is 67.0 cm³/mol. The molecule has 2 nitrogen and oxygen atoms in total. The van der Waals surface area contributed by atoms with Gasteiger partial charge in [0.25, 0.3) is 0 Å². The van der Waals surface area contributed by atoms with Crippen LogP contribution in [0.15, 0.2) is 53.3 Å². The molecule has 0 aliphatic rings. The molecule has 0 bridgehead atoms. The van der Waals surface area contributed by atoms with Crippen LogP contribution in [0.3, 0.4) is 0 Å². The third-order valence-electron chi connectivity index (χ3n) is 2.39. The number of nitrogens with zero attached hydrogens (tertiary/aromatic N) is 1. The topological polar surface area (TPSA) is 33.1 Å². The van der Waals surface area contributed by atoms with Crippen LogP contribution in [0.1, 0.15) is 17.2 Å². The van der Waals surface area contributed by atoms with E-state index in [-0.39, 0.29) is 0 Å². The molecule has 0 fully saturated rings. The first-order chi connectivity index (χ1) is 7.75. The van der Waals surface area contributed by atoms with Crippen LogP contribution in [0.4, 0.5) is 0 Å².